The predicted molar refractivity (Wildman–Crippen MR) is 227 cm³/mol. The number of aliphatic hydroxyl groups is 1. The number of ketones is 2. The number of carbonyl (C=O) groups excluding carboxylic acids is 6. The minimum Gasteiger partial charge on any atom is -0.445 e. The van der Waals surface area contributed by atoms with Gasteiger partial charge in [-0.3, -0.25) is 33.9 Å². The molecule has 17 nitrogen and oxygen atoms in total. The Morgan fingerprint density at radius 1 is 0.952 bits per heavy atom. The highest BCUT2D eigenvalue weighted by Crippen LogP contribution is 2.36. The molecule has 1 aliphatic carbocycles. The van der Waals surface area contributed by atoms with E-state index in [1.54, 1.807) is 38.2 Å². The number of primary amides is 1. The van der Waals surface area contributed by atoms with E-state index < -0.39 is 53.3 Å². The minimum atomic E-state index is -1.35. The Morgan fingerprint density at radius 2 is 1.71 bits per heavy atom. The van der Waals surface area contributed by atoms with Crippen LogP contribution in [0.1, 0.15) is 119 Å². The van der Waals surface area contributed by atoms with Crippen LogP contribution in [-0.2, 0) is 36.1 Å². The van der Waals surface area contributed by atoms with Crippen molar-refractivity contribution >= 4 is 46.4 Å². The Labute approximate surface area is 360 Å². The Kier molecular flexibility index (Phi) is 15.5. The number of ether oxygens (including phenoxy) is 1. The monoisotopic (exact) mass is 851 g/mol. The highest BCUT2D eigenvalue weighted by molar-refractivity contribution is 6.37. The van der Waals surface area contributed by atoms with Gasteiger partial charge in [0, 0.05) is 49.8 Å². The molecule has 1 unspecified atom stereocenters. The molecule has 0 bridgehead atoms. The van der Waals surface area contributed by atoms with Crippen LogP contribution in [0.5, 0.6) is 0 Å². The Balaban J connectivity index is 1.18. The predicted octanol–water partition coefficient (Wildman–Crippen LogP) is 4.48. The molecule has 4 aromatic rings. The van der Waals surface area contributed by atoms with Gasteiger partial charge in [0.1, 0.15) is 18.2 Å². The lowest BCUT2D eigenvalue weighted by Crippen LogP contribution is -2.53. The van der Waals surface area contributed by atoms with Gasteiger partial charge in [-0.05, 0) is 69.6 Å². The molecule has 4 atom stereocenters. The molecule has 6 rings (SSSR count). The van der Waals surface area contributed by atoms with E-state index in [9.17, 15) is 33.9 Å². The third kappa shape index (κ3) is 11.8. The van der Waals surface area contributed by atoms with E-state index >= 15 is 0 Å². The number of nitrogens with zero attached hydrogens (tertiary/aromatic N) is 6. The molecule has 330 valence electrons. The zero-order valence-corrected chi connectivity index (χ0v) is 35.4. The molecule has 0 spiro atoms. The molecule has 2 aromatic heterocycles. The van der Waals surface area contributed by atoms with Crippen LogP contribution < -0.4 is 16.4 Å². The third-order valence-corrected chi connectivity index (χ3v) is 11.9. The molecule has 62 heavy (non-hydrogen) atoms. The zero-order valence-electron chi connectivity index (χ0n) is 35.4. The summed E-state index contributed by atoms with van der Waals surface area (Å²) < 4.78 is 6.77. The number of alkyl carbamates (subject to hydrolysis) is 1. The highest BCUT2D eigenvalue weighted by Gasteiger charge is 2.45. The number of carbonyl (C=O) groups is 6. The fourth-order valence-electron chi connectivity index (χ4n) is 8.64. The van der Waals surface area contributed by atoms with E-state index in [1.165, 1.54) is 22.0 Å². The van der Waals surface area contributed by atoms with Gasteiger partial charge in [0.05, 0.1) is 35.0 Å². The maximum Gasteiger partial charge on any atom is 0.407 e. The lowest BCUT2D eigenvalue weighted by atomic mass is 9.80. The highest BCUT2D eigenvalue weighted by atomic mass is 16.5. The third-order valence-electron chi connectivity index (χ3n) is 11.9. The van der Waals surface area contributed by atoms with E-state index in [4.69, 9.17) is 10.5 Å². The van der Waals surface area contributed by atoms with Gasteiger partial charge in [0.15, 0.2) is 5.78 Å². The lowest BCUT2D eigenvalue weighted by molar-refractivity contribution is -0.143. The van der Waals surface area contributed by atoms with Gasteiger partial charge in [-0.25, -0.2) is 9.48 Å². The molecule has 1 aliphatic heterocycles. The summed E-state index contributed by atoms with van der Waals surface area (Å²) in [6, 6.07) is 11.5. The van der Waals surface area contributed by atoms with Crippen molar-refractivity contribution in [1.29, 1.82) is 0 Å². The Morgan fingerprint density at radius 3 is 2.45 bits per heavy atom. The quantitative estimate of drug-likeness (QED) is 0.0547. The fourth-order valence-corrected chi connectivity index (χ4v) is 8.64. The molecule has 0 radical (unpaired) electrons. The first-order valence-electron chi connectivity index (χ1n) is 21.5. The van der Waals surface area contributed by atoms with Crippen LogP contribution in [0.25, 0.3) is 11.0 Å². The summed E-state index contributed by atoms with van der Waals surface area (Å²) in [7, 11) is 0. The van der Waals surface area contributed by atoms with Gasteiger partial charge in [-0.15, -0.1) is 5.10 Å². The van der Waals surface area contributed by atoms with Gasteiger partial charge < -0.3 is 31.1 Å². The molecule has 17 heteroatoms. The molecule has 5 N–H and O–H groups in total. The second-order valence-electron chi connectivity index (χ2n) is 16.9. The van der Waals surface area contributed by atoms with Crippen molar-refractivity contribution < 1.29 is 38.6 Å². The number of Topliss-reactive ketones (excluding diaryl/α,β-unsaturated/α-hetero) is 2. The van der Waals surface area contributed by atoms with Crippen molar-refractivity contribution in [3.63, 3.8) is 0 Å². The van der Waals surface area contributed by atoms with E-state index in [2.05, 4.69) is 30.9 Å². The lowest BCUT2D eigenvalue weighted by Gasteiger charge is -2.32. The maximum atomic E-state index is 15.0. The number of para-hydroxylation sites is 1. The maximum absolute atomic E-state index is 15.0. The number of amides is 4. The molecule has 3 heterocycles. The second kappa shape index (κ2) is 21.1. The summed E-state index contributed by atoms with van der Waals surface area (Å²) in [5, 5.41) is 24.6. The summed E-state index contributed by atoms with van der Waals surface area (Å²) >= 11 is 0. The zero-order chi connectivity index (χ0) is 44.2. The number of nitrogens with two attached hydrogens (primary N) is 1. The van der Waals surface area contributed by atoms with Crippen LogP contribution in [0.4, 0.5) is 4.79 Å². The summed E-state index contributed by atoms with van der Waals surface area (Å²) in [5.74, 6) is -3.70. The van der Waals surface area contributed by atoms with Crippen molar-refractivity contribution in [3.05, 3.63) is 83.9 Å². The van der Waals surface area contributed by atoms with E-state index in [0.717, 1.165) is 37.7 Å². The first-order valence-corrected chi connectivity index (χ1v) is 21.5. The summed E-state index contributed by atoms with van der Waals surface area (Å²) in [6.45, 7) is 3.54. The number of benzene rings is 2. The van der Waals surface area contributed by atoms with Gasteiger partial charge in [0.25, 0.3) is 5.91 Å². The number of fused-ring (bicyclic) bond motifs is 1. The van der Waals surface area contributed by atoms with Gasteiger partial charge >= 0.3 is 6.09 Å². The van der Waals surface area contributed by atoms with Crippen LogP contribution in [0.3, 0.4) is 0 Å². The summed E-state index contributed by atoms with van der Waals surface area (Å²) in [6.07, 6.45) is 10.7. The van der Waals surface area contributed by atoms with Crippen molar-refractivity contribution in [2.75, 3.05) is 13.1 Å². The van der Waals surface area contributed by atoms with Crippen molar-refractivity contribution in [3.8, 4) is 0 Å². The average molecular weight is 852 g/mol. The van der Waals surface area contributed by atoms with Gasteiger partial charge in [-0.1, -0.05) is 73.7 Å². The second-order valence-corrected chi connectivity index (χ2v) is 16.9. The van der Waals surface area contributed by atoms with Crippen molar-refractivity contribution in [2.24, 2.45) is 17.6 Å². The largest absolute Gasteiger partial charge is 0.445 e. The Bertz CT molecular complexity index is 2200. The van der Waals surface area contributed by atoms with Crippen LogP contribution in [0.2, 0.25) is 0 Å². The fraction of sp³-hybridized carbons (Fsp3) is 0.511. The van der Waals surface area contributed by atoms with E-state index in [0.29, 0.717) is 41.6 Å². The van der Waals surface area contributed by atoms with Gasteiger partial charge in [0.2, 0.25) is 17.6 Å². The first-order chi connectivity index (χ1) is 29.8. The molecule has 1 saturated heterocycles. The molecule has 1 saturated carbocycles. The molecular formula is C45H57N9O8. The summed E-state index contributed by atoms with van der Waals surface area (Å²) in [5.41, 5.74) is 6.82. The summed E-state index contributed by atoms with van der Waals surface area (Å²) in [4.78, 5) is 91.0. The van der Waals surface area contributed by atoms with Crippen molar-refractivity contribution in [1.82, 2.24) is 40.5 Å². The minimum absolute atomic E-state index is 0.0369. The molecule has 4 amide bonds. The van der Waals surface area contributed by atoms with E-state index in [1.807, 2.05) is 30.3 Å². The van der Waals surface area contributed by atoms with Crippen LogP contribution >= 0.6 is 0 Å². The SMILES string of the molecule is CC(C)(O)c1cnnn1[C@H]1C[C@@H](C(=O)NC(CCCCNC(=O)OCc2ccccc2)C(=O)C(N)=O)N(C(=O)[C@H](CCC(=O)c2cccc3nccnc23)CC2CCCCC2)C1. The molecule has 2 aliphatic rings. The van der Waals surface area contributed by atoms with Crippen LogP contribution in [-0.4, -0.2) is 95.5 Å². The topological polar surface area (TPSA) is 242 Å². The van der Waals surface area contributed by atoms with Crippen LogP contribution in [0, 0.1) is 11.8 Å². The van der Waals surface area contributed by atoms with Crippen molar-refractivity contribution in [2.45, 2.75) is 121 Å². The smallest absolute Gasteiger partial charge is 0.407 e. The normalized spacial score (nSPS) is 17.9. The number of nitrogens with one attached hydrogen (secondary N) is 2. The molecule has 2 aromatic carbocycles. The number of hydrogen-bond acceptors (Lipinski definition) is 12. The number of likely N-dealkylation sites (tertiary alicyclic amines) is 1. The average Bonchev–Trinajstić information content (AvgIpc) is 3.96. The standard InChI is InChI=1S/C45H57N9O8/c1-45(2,61)38-26-50-52-54(38)32-25-36(42(58)51-35(40(56)41(46)57)17-9-10-21-49-44(60)62-28-30-14-7-4-8-15-30)53(27-32)43(59)31(24-29-12-5-3-6-13-29)19-20-37(55)33-16-11-18-34-39(33)48-23-22-47-34/h4,7-8,11,14-16,18,22-23,26,29,31-32,35-36,61H,3,5-6,9-10,12-13,17,19-21,24-25,27-28H2,1-2H3,(H2,46,57)(H,49,60)(H,51,58)/t31-,32+,35?,36+/m1/s1. The number of unbranched alkanes of at least 4 members (excludes halogenated alkanes) is 1. The van der Waals surface area contributed by atoms with E-state index in [-0.39, 0.29) is 63.0 Å². The number of hydrogen-bond donors (Lipinski definition) is 4. The van der Waals surface area contributed by atoms with Gasteiger partial charge in [-0.2, -0.15) is 0 Å². The number of aromatic nitrogens is 5. The molecular weight excluding hydrogens is 795 g/mol. The first kappa shape index (κ1) is 45.4. The number of rotatable bonds is 20. The Hall–Kier alpha value is -6.10. The van der Waals surface area contributed by atoms with Crippen LogP contribution in [0.15, 0.2) is 67.1 Å². The molecule has 2 fully saturated rings.